The van der Waals surface area contributed by atoms with Crippen LogP contribution in [-0.2, 0) is 14.8 Å². The van der Waals surface area contributed by atoms with Crippen molar-refractivity contribution in [3.63, 3.8) is 0 Å². The molecule has 6 nitrogen and oxygen atoms in total. The van der Waals surface area contributed by atoms with Gasteiger partial charge >= 0.3 is 5.97 Å². The maximum atomic E-state index is 13.7. The average Bonchev–Trinajstić information content (AvgIpc) is 2.81. The first-order chi connectivity index (χ1) is 9.78. The molecule has 0 spiro atoms. The van der Waals surface area contributed by atoms with Crippen molar-refractivity contribution in [1.29, 1.82) is 0 Å². The number of rotatable bonds is 4. The summed E-state index contributed by atoms with van der Waals surface area (Å²) in [6.07, 6.45) is 0.244. The van der Waals surface area contributed by atoms with Gasteiger partial charge in [0, 0.05) is 12.6 Å². The Morgan fingerprint density at radius 1 is 1.48 bits per heavy atom. The molecule has 1 aliphatic rings. The Morgan fingerprint density at radius 3 is 2.62 bits per heavy atom. The standard InChI is InChI=1S/C13H16FNO5S/c1-8-10(13(16)17)5-6-15(8)21(18,19)9-3-4-12(20-2)11(14)7-9/h3-4,7-8,10H,5-6H2,1-2H3,(H,16,17). The molecule has 1 fully saturated rings. The second kappa shape index (κ2) is 5.61. The van der Waals surface area contributed by atoms with Gasteiger partial charge in [0.1, 0.15) is 0 Å². The minimum absolute atomic E-state index is 0.0492. The Morgan fingerprint density at radius 2 is 2.14 bits per heavy atom. The Bertz CT molecular complexity index is 661. The molecule has 0 aliphatic carbocycles. The van der Waals surface area contributed by atoms with Crippen LogP contribution in [0.4, 0.5) is 4.39 Å². The van der Waals surface area contributed by atoms with E-state index in [1.165, 1.54) is 19.2 Å². The molecule has 0 amide bonds. The molecule has 0 bridgehead atoms. The van der Waals surface area contributed by atoms with Crippen LogP contribution >= 0.6 is 0 Å². The van der Waals surface area contributed by atoms with E-state index in [9.17, 15) is 17.6 Å². The number of carboxylic acids is 1. The summed E-state index contributed by atoms with van der Waals surface area (Å²) in [6.45, 7) is 1.65. The summed E-state index contributed by atoms with van der Waals surface area (Å²) in [4.78, 5) is 10.9. The number of carbonyl (C=O) groups is 1. The van der Waals surface area contributed by atoms with Crippen LogP contribution in [0, 0.1) is 11.7 Å². The van der Waals surface area contributed by atoms with E-state index in [4.69, 9.17) is 9.84 Å². The minimum Gasteiger partial charge on any atom is -0.494 e. The number of hydrogen-bond donors (Lipinski definition) is 1. The number of aliphatic carboxylic acids is 1. The number of carboxylic acid groups (broad SMARTS) is 1. The highest BCUT2D eigenvalue weighted by atomic mass is 32.2. The van der Waals surface area contributed by atoms with E-state index in [-0.39, 0.29) is 23.6 Å². The molecule has 2 atom stereocenters. The zero-order valence-corrected chi connectivity index (χ0v) is 12.4. The molecule has 0 radical (unpaired) electrons. The first-order valence-corrected chi connectivity index (χ1v) is 7.81. The monoisotopic (exact) mass is 317 g/mol. The van der Waals surface area contributed by atoms with Gasteiger partial charge in [-0.05, 0) is 31.5 Å². The van der Waals surface area contributed by atoms with E-state index < -0.39 is 33.8 Å². The summed E-state index contributed by atoms with van der Waals surface area (Å²) in [6, 6.07) is 2.70. The highest BCUT2D eigenvalue weighted by molar-refractivity contribution is 7.89. The maximum Gasteiger partial charge on any atom is 0.308 e. The predicted molar refractivity (Wildman–Crippen MR) is 72.0 cm³/mol. The van der Waals surface area contributed by atoms with Gasteiger partial charge in [-0.15, -0.1) is 0 Å². The number of hydrogen-bond acceptors (Lipinski definition) is 4. The lowest BCUT2D eigenvalue weighted by Crippen LogP contribution is -2.37. The van der Waals surface area contributed by atoms with Crippen LogP contribution in [0.1, 0.15) is 13.3 Å². The van der Waals surface area contributed by atoms with E-state index in [0.717, 1.165) is 10.4 Å². The normalized spacial score (nSPS) is 23.2. The Labute approximate surface area is 122 Å². The van der Waals surface area contributed by atoms with Crippen LogP contribution in [0.3, 0.4) is 0 Å². The second-order valence-electron chi connectivity index (χ2n) is 4.89. The van der Waals surface area contributed by atoms with Crippen LogP contribution in [0.25, 0.3) is 0 Å². The zero-order chi connectivity index (χ0) is 15.8. The van der Waals surface area contributed by atoms with E-state index in [0.29, 0.717) is 0 Å². The van der Waals surface area contributed by atoms with Gasteiger partial charge in [-0.25, -0.2) is 12.8 Å². The molecule has 1 aromatic rings. The fourth-order valence-electron chi connectivity index (χ4n) is 2.52. The summed E-state index contributed by atoms with van der Waals surface area (Å²) in [5.74, 6) is -2.60. The van der Waals surface area contributed by atoms with E-state index in [2.05, 4.69) is 0 Å². The van der Waals surface area contributed by atoms with Gasteiger partial charge in [0.05, 0.1) is 17.9 Å². The van der Waals surface area contributed by atoms with Crippen molar-refractivity contribution in [2.75, 3.05) is 13.7 Å². The Balaban J connectivity index is 2.35. The van der Waals surface area contributed by atoms with Crippen molar-refractivity contribution in [3.05, 3.63) is 24.0 Å². The molecule has 1 aliphatic heterocycles. The molecule has 2 unspecified atom stereocenters. The number of nitrogens with zero attached hydrogens (tertiary/aromatic N) is 1. The summed E-state index contributed by atoms with van der Waals surface area (Å²) in [7, 11) is -2.64. The Hall–Kier alpha value is -1.67. The summed E-state index contributed by atoms with van der Waals surface area (Å²) < 4.78 is 44.5. The SMILES string of the molecule is COc1ccc(S(=O)(=O)N2CCC(C(=O)O)C2C)cc1F. The van der Waals surface area contributed by atoms with Gasteiger partial charge in [0.15, 0.2) is 11.6 Å². The lowest BCUT2D eigenvalue weighted by molar-refractivity contribution is -0.142. The third-order valence-electron chi connectivity index (χ3n) is 3.74. The zero-order valence-electron chi connectivity index (χ0n) is 11.6. The average molecular weight is 317 g/mol. The van der Waals surface area contributed by atoms with E-state index in [1.54, 1.807) is 6.92 Å². The third-order valence-corrected chi connectivity index (χ3v) is 5.73. The van der Waals surface area contributed by atoms with Crippen molar-refractivity contribution < 1.29 is 27.4 Å². The fourth-order valence-corrected chi connectivity index (χ4v) is 4.22. The lowest BCUT2D eigenvalue weighted by Gasteiger charge is -2.22. The molecule has 0 aromatic heterocycles. The Kier molecular flexibility index (Phi) is 4.20. The van der Waals surface area contributed by atoms with Crippen molar-refractivity contribution in [2.45, 2.75) is 24.3 Å². The molecule has 1 aromatic carbocycles. The highest BCUT2D eigenvalue weighted by Crippen LogP contribution is 2.31. The van der Waals surface area contributed by atoms with Gasteiger partial charge in [-0.1, -0.05) is 0 Å². The van der Waals surface area contributed by atoms with Gasteiger partial charge in [0.25, 0.3) is 0 Å². The van der Waals surface area contributed by atoms with Crippen molar-refractivity contribution >= 4 is 16.0 Å². The number of benzene rings is 1. The van der Waals surface area contributed by atoms with Crippen molar-refractivity contribution in [1.82, 2.24) is 4.31 Å². The summed E-state index contributed by atoms with van der Waals surface area (Å²) >= 11 is 0. The minimum atomic E-state index is -3.93. The molecule has 116 valence electrons. The molecule has 21 heavy (non-hydrogen) atoms. The van der Waals surface area contributed by atoms with Crippen LogP contribution < -0.4 is 4.74 Å². The van der Waals surface area contributed by atoms with Crippen LogP contribution in [0.2, 0.25) is 0 Å². The van der Waals surface area contributed by atoms with E-state index >= 15 is 0 Å². The smallest absolute Gasteiger partial charge is 0.308 e. The van der Waals surface area contributed by atoms with Gasteiger partial charge < -0.3 is 9.84 Å². The summed E-state index contributed by atoms with van der Waals surface area (Å²) in [5, 5.41) is 9.05. The predicted octanol–water partition coefficient (Wildman–Crippen LogP) is 1.32. The second-order valence-corrected chi connectivity index (χ2v) is 6.78. The number of methoxy groups -OCH3 is 1. The highest BCUT2D eigenvalue weighted by Gasteiger charge is 2.42. The van der Waals surface area contributed by atoms with Crippen molar-refractivity contribution in [2.24, 2.45) is 5.92 Å². The molecular formula is C13H16FNO5S. The number of halogens is 1. The molecule has 1 saturated heterocycles. The van der Waals surface area contributed by atoms with Crippen LogP contribution in [0.5, 0.6) is 5.75 Å². The summed E-state index contributed by atoms with van der Waals surface area (Å²) in [5.41, 5.74) is 0. The quantitative estimate of drug-likeness (QED) is 0.905. The molecule has 1 heterocycles. The number of ether oxygens (including phenoxy) is 1. The van der Waals surface area contributed by atoms with E-state index in [1.807, 2.05) is 0 Å². The molecule has 1 N–H and O–H groups in total. The lowest BCUT2D eigenvalue weighted by atomic mass is 10.0. The molecule has 2 rings (SSSR count). The first kappa shape index (κ1) is 15.7. The first-order valence-electron chi connectivity index (χ1n) is 6.37. The third kappa shape index (κ3) is 2.73. The largest absolute Gasteiger partial charge is 0.494 e. The van der Waals surface area contributed by atoms with Gasteiger partial charge in [0.2, 0.25) is 10.0 Å². The van der Waals surface area contributed by atoms with Crippen molar-refractivity contribution in [3.8, 4) is 5.75 Å². The maximum absolute atomic E-state index is 13.7. The number of sulfonamides is 1. The molecular weight excluding hydrogens is 301 g/mol. The topological polar surface area (TPSA) is 83.9 Å². The van der Waals surface area contributed by atoms with Crippen LogP contribution in [-0.4, -0.2) is 43.5 Å². The molecule has 8 heteroatoms. The van der Waals surface area contributed by atoms with Gasteiger partial charge in [-0.3, -0.25) is 4.79 Å². The van der Waals surface area contributed by atoms with Crippen LogP contribution in [0.15, 0.2) is 23.1 Å². The molecule has 0 saturated carbocycles. The fraction of sp³-hybridized carbons (Fsp3) is 0.462. The van der Waals surface area contributed by atoms with Gasteiger partial charge in [-0.2, -0.15) is 4.31 Å².